The molecule has 1 heterocycles. The van der Waals surface area contributed by atoms with E-state index in [1.165, 1.54) is 37.0 Å². The second kappa shape index (κ2) is 10.2. The molecule has 150 valence electrons. The van der Waals surface area contributed by atoms with Crippen molar-refractivity contribution in [1.29, 1.82) is 0 Å². The van der Waals surface area contributed by atoms with Gasteiger partial charge in [0.15, 0.2) is 17.7 Å². The molecule has 1 saturated heterocycles. The number of carbonyl (C=O) groups is 1. The smallest absolute Gasteiger partial charge is 0.261 e. The predicted octanol–water partition coefficient (Wildman–Crippen LogP) is 4.29. The van der Waals surface area contributed by atoms with Gasteiger partial charge in [0.05, 0.1) is 0 Å². The van der Waals surface area contributed by atoms with Crippen LogP contribution >= 0.6 is 0 Å². The maximum Gasteiger partial charge on any atom is 0.261 e. The van der Waals surface area contributed by atoms with Crippen LogP contribution in [0.1, 0.15) is 43.7 Å². The van der Waals surface area contributed by atoms with Crippen LogP contribution in [0.5, 0.6) is 5.75 Å². The van der Waals surface area contributed by atoms with Crippen LogP contribution in [-0.2, 0) is 17.9 Å². The largest absolute Gasteiger partial charge is 0.478 e. The lowest BCUT2D eigenvalue weighted by Gasteiger charge is -2.26. The molecule has 1 atom stereocenters. The van der Waals surface area contributed by atoms with Gasteiger partial charge in [-0.05, 0) is 55.6 Å². The number of nitrogens with zero attached hydrogens (tertiary/aromatic N) is 1. The number of carbonyl (C=O) groups excluding carboxylic acids is 1. The summed E-state index contributed by atoms with van der Waals surface area (Å²) in [5, 5.41) is 2.92. The van der Waals surface area contributed by atoms with Crippen molar-refractivity contribution in [3.63, 3.8) is 0 Å². The zero-order chi connectivity index (χ0) is 19.8. The first-order valence-electron chi connectivity index (χ1n) is 10.1. The zero-order valence-corrected chi connectivity index (χ0v) is 16.5. The van der Waals surface area contributed by atoms with E-state index >= 15 is 0 Å². The van der Waals surface area contributed by atoms with Crippen LogP contribution in [0, 0.1) is 5.82 Å². The highest BCUT2D eigenvalue weighted by atomic mass is 19.1. The first kappa shape index (κ1) is 20.3. The van der Waals surface area contributed by atoms with Gasteiger partial charge in [0.25, 0.3) is 5.91 Å². The van der Waals surface area contributed by atoms with Crippen LogP contribution in [0.25, 0.3) is 0 Å². The Morgan fingerprint density at radius 3 is 2.61 bits per heavy atom. The molecule has 2 aromatic rings. The minimum atomic E-state index is -0.714. The molecule has 1 N–H and O–H groups in total. The average molecular weight is 384 g/mol. The fraction of sp³-hybridized carbons (Fsp3) is 0.435. The van der Waals surface area contributed by atoms with E-state index in [0.717, 1.165) is 25.2 Å². The lowest BCUT2D eigenvalue weighted by atomic mass is 10.1. The van der Waals surface area contributed by atoms with E-state index in [1.807, 2.05) is 19.1 Å². The van der Waals surface area contributed by atoms with Crippen molar-refractivity contribution >= 4 is 5.91 Å². The molecule has 5 heteroatoms. The Labute approximate surface area is 166 Å². The number of halogens is 1. The summed E-state index contributed by atoms with van der Waals surface area (Å²) in [4.78, 5) is 15.0. The maximum absolute atomic E-state index is 13.8. The monoisotopic (exact) mass is 384 g/mol. The molecule has 0 saturated carbocycles. The molecule has 0 radical (unpaired) electrons. The van der Waals surface area contributed by atoms with Gasteiger partial charge in [0.1, 0.15) is 0 Å². The molecule has 4 nitrogen and oxygen atoms in total. The van der Waals surface area contributed by atoms with Gasteiger partial charge < -0.3 is 10.1 Å². The Kier molecular flexibility index (Phi) is 7.43. The van der Waals surface area contributed by atoms with Gasteiger partial charge in [0, 0.05) is 13.1 Å². The summed E-state index contributed by atoms with van der Waals surface area (Å²) in [5.74, 6) is -0.584. The fourth-order valence-corrected chi connectivity index (χ4v) is 3.53. The second-order valence-corrected chi connectivity index (χ2v) is 7.32. The molecule has 1 fully saturated rings. The van der Waals surface area contributed by atoms with Crippen LogP contribution in [-0.4, -0.2) is 30.0 Å². The number of ether oxygens (including phenoxy) is 1. The third-order valence-electron chi connectivity index (χ3n) is 5.08. The third kappa shape index (κ3) is 5.80. The van der Waals surface area contributed by atoms with Gasteiger partial charge in [-0.2, -0.15) is 0 Å². The van der Waals surface area contributed by atoms with E-state index < -0.39 is 11.9 Å². The number of amides is 1. The number of hydrogen-bond acceptors (Lipinski definition) is 3. The van der Waals surface area contributed by atoms with Gasteiger partial charge in [0.2, 0.25) is 0 Å². The van der Waals surface area contributed by atoms with E-state index in [0.29, 0.717) is 13.0 Å². The zero-order valence-electron chi connectivity index (χ0n) is 16.5. The molecular formula is C23H29FN2O2. The lowest BCUT2D eigenvalue weighted by Crippen LogP contribution is -2.37. The molecule has 0 aromatic heterocycles. The summed E-state index contributed by atoms with van der Waals surface area (Å²) < 4.78 is 19.4. The van der Waals surface area contributed by atoms with Crippen LogP contribution in [0.15, 0.2) is 48.5 Å². The van der Waals surface area contributed by atoms with Crippen molar-refractivity contribution in [3.8, 4) is 5.75 Å². The van der Waals surface area contributed by atoms with Crippen molar-refractivity contribution in [3.05, 3.63) is 65.5 Å². The summed E-state index contributed by atoms with van der Waals surface area (Å²) in [7, 11) is 0. The molecule has 3 rings (SSSR count). The summed E-state index contributed by atoms with van der Waals surface area (Å²) in [6.07, 6.45) is 3.63. The van der Waals surface area contributed by atoms with Crippen molar-refractivity contribution in [2.75, 3.05) is 13.1 Å². The normalized spacial score (nSPS) is 15.8. The minimum absolute atomic E-state index is 0.105. The summed E-state index contributed by atoms with van der Waals surface area (Å²) in [6, 6.07) is 14.5. The SMILES string of the molecule is CC[C@H](Oc1ccccc1F)C(=O)NCc1cccc(CN2CCCCC2)c1. The van der Waals surface area contributed by atoms with Crippen LogP contribution in [0.2, 0.25) is 0 Å². The number of likely N-dealkylation sites (tertiary alicyclic amines) is 1. The number of benzene rings is 2. The highest BCUT2D eigenvalue weighted by Crippen LogP contribution is 2.18. The number of para-hydroxylation sites is 1. The molecule has 0 unspecified atom stereocenters. The predicted molar refractivity (Wildman–Crippen MR) is 109 cm³/mol. The third-order valence-corrected chi connectivity index (χ3v) is 5.08. The number of piperidine rings is 1. The van der Waals surface area contributed by atoms with Gasteiger partial charge >= 0.3 is 0 Å². The maximum atomic E-state index is 13.8. The van der Waals surface area contributed by atoms with Crippen LogP contribution in [0.4, 0.5) is 4.39 Å². The van der Waals surface area contributed by atoms with E-state index in [2.05, 4.69) is 22.3 Å². The van der Waals surface area contributed by atoms with Gasteiger partial charge in [-0.3, -0.25) is 9.69 Å². The van der Waals surface area contributed by atoms with Crippen LogP contribution < -0.4 is 10.1 Å². The van der Waals surface area contributed by atoms with Crippen molar-refractivity contribution in [2.45, 2.75) is 51.8 Å². The Balaban J connectivity index is 1.54. The van der Waals surface area contributed by atoms with Gasteiger partial charge in [-0.15, -0.1) is 0 Å². The molecule has 0 spiro atoms. The van der Waals surface area contributed by atoms with Crippen molar-refractivity contribution in [2.24, 2.45) is 0 Å². The lowest BCUT2D eigenvalue weighted by molar-refractivity contribution is -0.128. The van der Waals surface area contributed by atoms with Crippen LogP contribution in [0.3, 0.4) is 0 Å². The first-order chi connectivity index (χ1) is 13.7. The topological polar surface area (TPSA) is 41.6 Å². The van der Waals surface area contributed by atoms with Crippen molar-refractivity contribution < 1.29 is 13.9 Å². The molecule has 1 aliphatic rings. The summed E-state index contributed by atoms with van der Waals surface area (Å²) in [5.41, 5.74) is 2.33. The highest BCUT2D eigenvalue weighted by molar-refractivity contribution is 5.81. The molecular weight excluding hydrogens is 355 g/mol. The highest BCUT2D eigenvalue weighted by Gasteiger charge is 2.19. The molecule has 1 aliphatic heterocycles. The quantitative estimate of drug-likeness (QED) is 0.738. The van der Waals surface area contributed by atoms with Gasteiger partial charge in [-0.25, -0.2) is 4.39 Å². The van der Waals surface area contributed by atoms with Crippen molar-refractivity contribution in [1.82, 2.24) is 10.2 Å². The van der Waals surface area contributed by atoms with E-state index in [9.17, 15) is 9.18 Å². The van der Waals surface area contributed by atoms with E-state index in [1.54, 1.807) is 12.1 Å². The molecule has 0 aliphatic carbocycles. The second-order valence-electron chi connectivity index (χ2n) is 7.32. The van der Waals surface area contributed by atoms with E-state index in [4.69, 9.17) is 4.74 Å². The Hall–Kier alpha value is -2.40. The van der Waals surface area contributed by atoms with Gasteiger partial charge in [-0.1, -0.05) is 49.7 Å². The summed E-state index contributed by atoms with van der Waals surface area (Å²) >= 11 is 0. The molecule has 2 aromatic carbocycles. The van der Waals surface area contributed by atoms with E-state index in [-0.39, 0.29) is 11.7 Å². The number of nitrogens with one attached hydrogen (secondary N) is 1. The number of rotatable bonds is 8. The average Bonchev–Trinajstić information content (AvgIpc) is 2.72. The molecule has 1 amide bonds. The number of hydrogen-bond donors (Lipinski definition) is 1. The molecule has 28 heavy (non-hydrogen) atoms. The standard InChI is InChI=1S/C23H29FN2O2/c1-2-21(28-22-12-5-4-11-20(22)24)23(27)25-16-18-9-8-10-19(15-18)17-26-13-6-3-7-14-26/h4-5,8-12,15,21H,2-3,6-7,13-14,16-17H2,1H3,(H,25,27)/t21-/m0/s1. The Morgan fingerprint density at radius 1 is 1.11 bits per heavy atom. The molecule has 0 bridgehead atoms. The Morgan fingerprint density at radius 2 is 1.86 bits per heavy atom. The minimum Gasteiger partial charge on any atom is -0.478 e. The fourth-order valence-electron chi connectivity index (χ4n) is 3.53. The first-order valence-corrected chi connectivity index (χ1v) is 10.1. The summed E-state index contributed by atoms with van der Waals surface area (Å²) in [6.45, 7) is 5.56. The Bertz CT molecular complexity index is 775.